The van der Waals surface area contributed by atoms with E-state index in [1.807, 2.05) is 65.0 Å². The molecule has 2 aromatic heterocycles. The van der Waals surface area contributed by atoms with Gasteiger partial charge >= 0.3 is 0 Å². The van der Waals surface area contributed by atoms with E-state index in [1.165, 1.54) is 0 Å². The Hall–Kier alpha value is -2.82. The van der Waals surface area contributed by atoms with Crippen molar-refractivity contribution in [1.29, 1.82) is 0 Å². The standard InChI is InChI=1S/C16H16N4O/c1-19-9-2-3-15(19)11-18-16(21)13-4-6-14(7-5-13)20-10-8-17-12-20/h2-10,12H,11H2,1H3,(H,18,21). The highest BCUT2D eigenvalue weighted by Crippen LogP contribution is 2.09. The summed E-state index contributed by atoms with van der Waals surface area (Å²) in [6, 6.07) is 11.4. The summed E-state index contributed by atoms with van der Waals surface area (Å²) in [5, 5.41) is 2.92. The number of nitrogens with one attached hydrogen (secondary N) is 1. The lowest BCUT2D eigenvalue weighted by atomic mass is 10.2. The number of carbonyl (C=O) groups excluding carboxylic acids is 1. The van der Waals surface area contributed by atoms with Crippen LogP contribution in [0.5, 0.6) is 0 Å². The zero-order valence-corrected chi connectivity index (χ0v) is 11.7. The highest BCUT2D eigenvalue weighted by molar-refractivity contribution is 5.94. The fraction of sp³-hybridized carbons (Fsp3) is 0.125. The molecular weight excluding hydrogens is 264 g/mol. The molecule has 0 saturated carbocycles. The maximum atomic E-state index is 12.1. The molecule has 0 saturated heterocycles. The largest absolute Gasteiger partial charge is 0.353 e. The van der Waals surface area contributed by atoms with E-state index in [0.717, 1.165) is 11.4 Å². The highest BCUT2D eigenvalue weighted by atomic mass is 16.1. The van der Waals surface area contributed by atoms with Crippen molar-refractivity contribution in [2.45, 2.75) is 6.54 Å². The Labute approximate surface area is 122 Å². The predicted octanol–water partition coefficient (Wildman–Crippen LogP) is 2.14. The van der Waals surface area contributed by atoms with Crippen LogP contribution in [0, 0.1) is 0 Å². The maximum absolute atomic E-state index is 12.1. The van der Waals surface area contributed by atoms with Crippen molar-refractivity contribution in [3.63, 3.8) is 0 Å². The zero-order valence-electron chi connectivity index (χ0n) is 11.7. The Kier molecular flexibility index (Phi) is 3.55. The van der Waals surface area contributed by atoms with Crippen LogP contribution < -0.4 is 5.32 Å². The number of aryl methyl sites for hydroxylation is 1. The van der Waals surface area contributed by atoms with Crippen molar-refractivity contribution in [3.05, 3.63) is 72.6 Å². The molecule has 5 heteroatoms. The summed E-state index contributed by atoms with van der Waals surface area (Å²) in [6.07, 6.45) is 7.27. The number of aromatic nitrogens is 3. The molecule has 0 spiro atoms. The second-order valence-corrected chi connectivity index (χ2v) is 4.81. The first-order valence-electron chi connectivity index (χ1n) is 6.71. The molecule has 0 atom stereocenters. The van der Waals surface area contributed by atoms with Gasteiger partial charge in [0, 0.05) is 42.6 Å². The average molecular weight is 280 g/mol. The molecule has 0 unspecified atom stereocenters. The molecule has 3 rings (SSSR count). The SMILES string of the molecule is Cn1cccc1CNC(=O)c1ccc(-n2ccnc2)cc1. The van der Waals surface area contributed by atoms with E-state index in [9.17, 15) is 4.79 Å². The van der Waals surface area contributed by atoms with Crippen LogP contribution in [0.3, 0.4) is 0 Å². The minimum absolute atomic E-state index is 0.0756. The van der Waals surface area contributed by atoms with Gasteiger partial charge in [0.2, 0.25) is 0 Å². The molecular formula is C16H16N4O. The Bertz CT molecular complexity index is 726. The van der Waals surface area contributed by atoms with E-state index in [4.69, 9.17) is 0 Å². The van der Waals surface area contributed by atoms with E-state index in [1.54, 1.807) is 12.5 Å². The number of amides is 1. The second-order valence-electron chi connectivity index (χ2n) is 4.81. The molecule has 106 valence electrons. The third-order valence-electron chi connectivity index (χ3n) is 3.41. The van der Waals surface area contributed by atoms with Gasteiger partial charge in [-0.15, -0.1) is 0 Å². The average Bonchev–Trinajstić information content (AvgIpc) is 3.17. The van der Waals surface area contributed by atoms with Crippen LogP contribution in [0.15, 0.2) is 61.3 Å². The van der Waals surface area contributed by atoms with E-state index in [2.05, 4.69) is 10.3 Å². The van der Waals surface area contributed by atoms with Gasteiger partial charge in [-0.05, 0) is 36.4 Å². The first kappa shape index (κ1) is 13.2. The zero-order chi connectivity index (χ0) is 14.7. The number of benzene rings is 1. The van der Waals surface area contributed by atoms with Crippen molar-refractivity contribution in [3.8, 4) is 5.69 Å². The second kappa shape index (κ2) is 5.66. The third-order valence-corrected chi connectivity index (χ3v) is 3.41. The van der Waals surface area contributed by atoms with Crippen LogP contribution in [-0.4, -0.2) is 20.0 Å². The summed E-state index contributed by atoms with van der Waals surface area (Å²) in [7, 11) is 1.96. The molecule has 1 amide bonds. The minimum Gasteiger partial charge on any atom is -0.353 e. The van der Waals surface area contributed by atoms with Gasteiger partial charge in [0.1, 0.15) is 0 Å². The molecule has 0 aliphatic carbocycles. The van der Waals surface area contributed by atoms with Crippen LogP contribution >= 0.6 is 0 Å². The number of hydrogen-bond donors (Lipinski definition) is 1. The third kappa shape index (κ3) is 2.86. The van der Waals surface area contributed by atoms with Crippen molar-refractivity contribution >= 4 is 5.91 Å². The van der Waals surface area contributed by atoms with Crippen LogP contribution in [-0.2, 0) is 13.6 Å². The Balaban J connectivity index is 1.66. The summed E-state index contributed by atoms with van der Waals surface area (Å²) in [4.78, 5) is 16.1. The lowest BCUT2D eigenvalue weighted by molar-refractivity contribution is 0.0950. The van der Waals surface area contributed by atoms with Gasteiger partial charge in [0.05, 0.1) is 12.9 Å². The van der Waals surface area contributed by atoms with Gasteiger partial charge < -0.3 is 14.5 Å². The first-order chi connectivity index (χ1) is 10.2. The van der Waals surface area contributed by atoms with Crippen LogP contribution in [0.25, 0.3) is 5.69 Å². The highest BCUT2D eigenvalue weighted by Gasteiger charge is 2.06. The number of hydrogen-bond acceptors (Lipinski definition) is 2. The topological polar surface area (TPSA) is 51.9 Å². The molecule has 5 nitrogen and oxygen atoms in total. The Morgan fingerprint density at radius 2 is 2.00 bits per heavy atom. The molecule has 0 aliphatic heterocycles. The van der Waals surface area contributed by atoms with E-state index < -0.39 is 0 Å². The van der Waals surface area contributed by atoms with E-state index >= 15 is 0 Å². The molecule has 0 aliphatic rings. The van der Waals surface area contributed by atoms with Crippen molar-refractivity contribution in [1.82, 2.24) is 19.4 Å². The van der Waals surface area contributed by atoms with Gasteiger partial charge in [-0.1, -0.05) is 0 Å². The summed E-state index contributed by atoms with van der Waals surface area (Å²) in [5.41, 5.74) is 2.69. The summed E-state index contributed by atoms with van der Waals surface area (Å²) in [6.45, 7) is 0.519. The first-order valence-corrected chi connectivity index (χ1v) is 6.71. The van der Waals surface area contributed by atoms with Gasteiger partial charge in [-0.2, -0.15) is 0 Å². The van der Waals surface area contributed by atoms with E-state index in [-0.39, 0.29) is 5.91 Å². The number of rotatable bonds is 4. The lowest BCUT2D eigenvalue weighted by Crippen LogP contribution is -2.23. The van der Waals surface area contributed by atoms with Crippen LogP contribution in [0.1, 0.15) is 16.1 Å². The Morgan fingerprint density at radius 3 is 2.62 bits per heavy atom. The fourth-order valence-electron chi connectivity index (χ4n) is 2.15. The number of carbonyl (C=O) groups is 1. The molecule has 1 N–H and O–H groups in total. The molecule has 1 aromatic carbocycles. The fourth-order valence-corrected chi connectivity index (χ4v) is 2.15. The van der Waals surface area contributed by atoms with Gasteiger partial charge in [-0.3, -0.25) is 4.79 Å². The van der Waals surface area contributed by atoms with Crippen molar-refractivity contribution < 1.29 is 4.79 Å². The monoisotopic (exact) mass is 280 g/mol. The van der Waals surface area contributed by atoms with Crippen molar-refractivity contribution in [2.24, 2.45) is 7.05 Å². The summed E-state index contributed by atoms with van der Waals surface area (Å²) in [5.74, 6) is -0.0756. The molecule has 0 fully saturated rings. The maximum Gasteiger partial charge on any atom is 0.251 e. The summed E-state index contributed by atoms with van der Waals surface area (Å²) < 4.78 is 3.88. The van der Waals surface area contributed by atoms with Gasteiger partial charge in [0.15, 0.2) is 0 Å². The Morgan fingerprint density at radius 1 is 1.19 bits per heavy atom. The summed E-state index contributed by atoms with van der Waals surface area (Å²) >= 11 is 0. The molecule has 0 radical (unpaired) electrons. The van der Waals surface area contributed by atoms with Gasteiger partial charge in [-0.25, -0.2) is 4.98 Å². The normalized spacial score (nSPS) is 10.5. The van der Waals surface area contributed by atoms with Crippen LogP contribution in [0.4, 0.5) is 0 Å². The minimum atomic E-state index is -0.0756. The van der Waals surface area contributed by atoms with Crippen molar-refractivity contribution in [2.75, 3.05) is 0 Å². The van der Waals surface area contributed by atoms with Crippen LogP contribution in [0.2, 0.25) is 0 Å². The molecule has 3 aromatic rings. The molecule has 2 heterocycles. The quantitative estimate of drug-likeness (QED) is 0.796. The lowest BCUT2D eigenvalue weighted by Gasteiger charge is -2.07. The number of nitrogens with zero attached hydrogens (tertiary/aromatic N) is 3. The van der Waals surface area contributed by atoms with E-state index in [0.29, 0.717) is 12.1 Å². The smallest absolute Gasteiger partial charge is 0.251 e. The number of imidazole rings is 1. The predicted molar refractivity (Wildman–Crippen MR) is 80.1 cm³/mol. The molecule has 21 heavy (non-hydrogen) atoms. The molecule has 0 bridgehead atoms. The van der Waals surface area contributed by atoms with Gasteiger partial charge in [0.25, 0.3) is 5.91 Å².